The average molecular weight is 347 g/mol. The molecule has 0 aliphatic heterocycles. The summed E-state index contributed by atoms with van der Waals surface area (Å²) in [7, 11) is -3.43. The third kappa shape index (κ3) is 3.33. The van der Waals surface area contributed by atoms with Crippen molar-refractivity contribution in [3.05, 3.63) is 52.9 Å². The fourth-order valence-electron chi connectivity index (χ4n) is 2.09. The number of aromatic nitrogens is 2. The lowest BCUT2D eigenvalue weighted by Gasteiger charge is -2.06. The van der Waals surface area contributed by atoms with E-state index in [0.717, 1.165) is 28.8 Å². The van der Waals surface area contributed by atoms with E-state index in [1.165, 1.54) is 6.07 Å². The molecule has 3 aromatic rings. The quantitative estimate of drug-likeness (QED) is 0.759. The highest BCUT2D eigenvalue weighted by molar-refractivity contribution is 7.91. The van der Waals surface area contributed by atoms with Gasteiger partial charge in [0.1, 0.15) is 4.88 Å². The standard InChI is InChI=1S/C15H13N3O3S2/c1-23(20,21)13-7-9-22-14(13)15(19)17-11-4-2-10(3-5-11)12-6-8-16-18-12/h2-9H,1H3,(H,16,18)(H,17,19). The van der Waals surface area contributed by atoms with Crippen molar-refractivity contribution in [1.29, 1.82) is 0 Å². The van der Waals surface area contributed by atoms with Crippen LogP contribution < -0.4 is 5.32 Å². The molecule has 0 saturated carbocycles. The summed E-state index contributed by atoms with van der Waals surface area (Å²) in [5, 5.41) is 11.0. The van der Waals surface area contributed by atoms with E-state index in [4.69, 9.17) is 0 Å². The first-order valence-corrected chi connectivity index (χ1v) is 9.41. The molecule has 2 heterocycles. The number of thiophene rings is 1. The minimum absolute atomic E-state index is 0.0501. The molecular formula is C15H13N3O3S2. The lowest BCUT2D eigenvalue weighted by molar-refractivity contribution is 0.102. The summed E-state index contributed by atoms with van der Waals surface area (Å²) in [6.45, 7) is 0. The lowest BCUT2D eigenvalue weighted by atomic mass is 10.1. The topological polar surface area (TPSA) is 91.9 Å². The number of hydrogen-bond donors (Lipinski definition) is 2. The highest BCUT2D eigenvalue weighted by Crippen LogP contribution is 2.24. The average Bonchev–Trinajstić information content (AvgIpc) is 3.19. The fourth-order valence-corrected chi connectivity index (χ4v) is 4.20. The van der Waals surface area contributed by atoms with E-state index in [1.807, 2.05) is 18.2 Å². The predicted octanol–water partition coefficient (Wildman–Crippen LogP) is 2.79. The van der Waals surface area contributed by atoms with Crippen molar-refractivity contribution in [3.63, 3.8) is 0 Å². The molecular weight excluding hydrogens is 334 g/mol. The lowest BCUT2D eigenvalue weighted by Crippen LogP contribution is -2.13. The summed E-state index contributed by atoms with van der Waals surface area (Å²) in [6.07, 6.45) is 2.75. The van der Waals surface area contributed by atoms with Crippen molar-refractivity contribution in [1.82, 2.24) is 10.2 Å². The van der Waals surface area contributed by atoms with Crippen LogP contribution in [0.1, 0.15) is 9.67 Å². The number of carbonyl (C=O) groups excluding carboxylic acids is 1. The Morgan fingerprint density at radius 2 is 1.91 bits per heavy atom. The first-order chi connectivity index (χ1) is 10.9. The highest BCUT2D eigenvalue weighted by atomic mass is 32.2. The number of rotatable bonds is 4. The van der Waals surface area contributed by atoms with Crippen LogP contribution in [-0.2, 0) is 9.84 Å². The van der Waals surface area contributed by atoms with Crippen molar-refractivity contribution < 1.29 is 13.2 Å². The zero-order valence-electron chi connectivity index (χ0n) is 12.1. The summed E-state index contributed by atoms with van der Waals surface area (Å²) in [5.41, 5.74) is 2.40. The van der Waals surface area contributed by atoms with E-state index in [-0.39, 0.29) is 9.77 Å². The SMILES string of the molecule is CS(=O)(=O)c1ccsc1C(=O)Nc1ccc(-c2ccn[nH]2)cc1. The van der Waals surface area contributed by atoms with Gasteiger partial charge in [-0.15, -0.1) is 11.3 Å². The third-order valence-corrected chi connectivity index (χ3v) is 5.37. The molecule has 1 aromatic carbocycles. The molecule has 0 aliphatic rings. The van der Waals surface area contributed by atoms with Crippen LogP contribution >= 0.6 is 11.3 Å². The number of nitrogens with zero attached hydrogens (tertiary/aromatic N) is 1. The fraction of sp³-hybridized carbons (Fsp3) is 0.0667. The molecule has 6 nitrogen and oxygen atoms in total. The molecule has 0 bridgehead atoms. The van der Waals surface area contributed by atoms with E-state index >= 15 is 0 Å². The Morgan fingerprint density at radius 3 is 2.52 bits per heavy atom. The smallest absolute Gasteiger partial charge is 0.267 e. The Morgan fingerprint density at radius 1 is 1.17 bits per heavy atom. The minimum Gasteiger partial charge on any atom is -0.321 e. The predicted molar refractivity (Wildman–Crippen MR) is 89.4 cm³/mol. The van der Waals surface area contributed by atoms with Crippen LogP contribution in [-0.4, -0.2) is 30.8 Å². The molecule has 0 fully saturated rings. The molecule has 0 unspecified atom stereocenters. The van der Waals surface area contributed by atoms with Gasteiger partial charge in [-0.05, 0) is 35.2 Å². The Kier molecular flexibility index (Phi) is 4.01. The summed E-state index contributed by atoms with van der Waals surface area (Å²) < 4.78 is 23.3. The second-order valence-electron chi connectivity index (χ2n) is 4.89. The Labute approximate surface area is 137 Å². The molecule has 0 aliphatic carbocycles. The van der Waals surface area contributed by atoms with Crippen molar-refractivity contribution in [3.8, 4) is 11.3 Å². The number of sulfone groups is 1. The van der Waals surface area contributed by atoms with Crippen molar-refractivity contribution in [2.24, 2.45) is 0 Å². The first-order valence-electron chi connectivity index (χ1n) is 6.64. The van der Waals surface area contributed by atoms with Crippen molar-refractivity contribution >= 4 is 32.8 Å². The van der Waals surface area contributed by atoms with E-state index in [1.54, 1.807) is 23.7 Å². The maximum absolute atomic E-state index is 12.3. The number of amides is 1. The number of benzene rings is 1. The molecule has 1 amide bonds. The van der Waals surface area contributed by atoms with Gasteiger partial charge in [-0.3, -0.25) is 9.89 Å². The third-order valence-electron chi connectivity index (χ3n) is 3.19. The number of carbonyl (C=O) groups is 1. The van der Waals surface area contributed by atoms with Crippen molar-refractivity contribution in [2.45, 2.75) is 4.90 Å². The van der Waals surface area contributed by atoms with Crippen LogP contribution in [0.5, 0.6) is 0 Å². The second-order valence-corrected chi connectivity index (χ2v) is 7.79. The Balaban J connectivity index is 1.80. The maximum atomic E-state index is 12.3. The molecule has 0 saturated heterocycles. The number of anilines is 1. The Bertz CT molecular complexity index is 927. The van der Waals surface area contributed by atoms with Gasteiger partial charge in [0, 0.05) is 18.1 Å². The summed E-state index contributed by atoms with van der Waals surface area (Å²) in [6, 6.07) is 10.5. The van der Waals surface area contributed by atoms with Gasteiger partial charge in [0.25, 0.3) is 5.91 Å². The van der Waals surface area contributed by atoms with Crippen LogP contribution in [0, 0.1) is 0 Å². The van der Waals surface area contributed by atoms with Crippen LogP contribution in [0.15, 0.2) is 52.9 Å². The zero-order valence-corrected chi connectivity index (χ0v) is 13.7. The zero-order chi connectivity index (χ0) is 16.4. The van der Waals surface area contributed by atoms with Crippen LogP contribution in [0.4, 0.5) is 5.69 Å². The van der Waals surface area contributed by atoms with Crippen LogP contribution in [0.3, 0.4) is 0 Å². The van der Waals surface area contributed by atoms with Gasteiger partial charge in [-0.2, -0.15) is 5.10 Å². The number of aromatic amines is 1. The van der Waals surface area contributed by atoms with Crippen LogP contribution in [0.25, 0.3) is 11.3 Å². The van der Waals surface area contributed by atoms with E-state index < -0.39 is 15.7 Å². The van der Waals surface area contributed by atoms with Gasteiger partial charge < -0.3 is 5.32 Å². The van der Waals surface area contributed by atoms with Gasteiger partial charge in [0.15, 0.2) is 9.84 Å². The van der Waals surface area contributed by atoms with Gasteiger partial charge in [-0.25, -0.2) is 8.42 Å². The molecule has 8 heteroatoms. The van der Waals surface area contributed by atoms with Gasteiger partial charge in [0.2, 0.25) is 0 Å². The highest BCUT2D eigenvalue weighted by Gasteiger charge is 2.20. The van der Waals surface area contributed by atoms with E-state index in [0.29, 0.717) is 5.69 Å². The molecule has 0 spiro atoms. The number of H-pyrrole nitrogens is 1. The molecule has 0 atom stereocenters. The summed E-state index contributed by atoms with van der Waals surface area (Å²) >= 11 is 1.10. The van der Waals surface area contributed by atoms with E-state index in [9.17, 15) is 13.2 Å². The molecule has 23 heavy (non-hydrogen) atoms. The molecule has 2 N–H and O–H groups in total. The Hall–Kier alpha value is -2.45. The minimum atomic E-state index is -3.43. The normalized spacial score (nSPS) is 11.3. The molecule has 3 rings (SSSR count). The summed E-state index contributed by atoms with van der Waals surface area (Å²) in [4.78, 5) is 12.5. The van der Waals surface area contributed by atoms with Gasteiger partial charge in [0.05, 0.1) is 10.6 Å². The second kappa shape index (κ2) is 5.98. The number of nitrogens with one attached hydrogen (secondary N) is 2. The molecule has 118 valence electrons. The molecule has 0 radical (unpaired) electrons. The summed E-state index contributed by atoms with van der Waals surface area (Å²) in [5.74, 6) is -0.435. The first kappa shape index (κ1) is 15.4. The van der Waals surface area contributed by atoms with Crippen LogP contribution in [0.2, 0.25) is 0 Å². The number of hydrogen-bond acceptors (Lipinski definition) is 5. The largest absolute Gasteiger partial charge is 0.321 e. The molecule has 2 aromatic heterocycles. The monoisotopic (exact) mass is 347 g/mol. The maximum Gasteiger partial charge on any atom is 0.267 e. The van der Waals surface area contributed by atoms with Crippen molar-refractivity contribution in [2.75, 3.05) is 11.6 Å². The van der Waals surface area contributed by atoms with E-state index in [2.05, 4.69) is 15.5 Å². The van der Waals surface area contributed by atoms with Gasteiger partial charge in [-0.1, -0.05) is 12.1 Å². The van der Waals surface area contributed by atoms with Gasteiger partial charge >= 0.3 is 0 Å².